The highest BCUT2D eigenvalue weighted by atomic mass is 16.8. The van der Waals surface area contributed by atoms with Gasteiger partial charge in [-0.25, -0.2) is 14.4 Å². The molecule has 3 rings (SSSR count). The summed E-state index contributed by atoms with van der Waals surface area (Å²) in [5, 5.41) is 44.4. The highest BCUT2D eigenvalue weighted by Gasteiger charge is 2.85. The maximum atomic E-state index is 13.0. The second-order valence-electron chi connectivity index (χ2n) is 9.58. The maximum absolute atomic E-state index is 13.0. The number of aliphatic hydroxyl groups is 4. The van der Waals surface area contributed by atoms with Crippen LogP contribution < -0.4 is 0 Å². The summed E-state index contributed by atoms with van der Waals surface area (Å²) >= 11 is 0. The van der Waals surface area contributed by atoms with Crippen molar-refractivity contribution in [3.8, 4) is 0 Å². The van der Waals surface area contributed by atoms with Crippen molar-refractivity contribution in [3.63, 3.8) is 0 Å². The number of benzene rings is 1. The van der Waals surface area contributed by atoms with Crippen molar-refractivity contribution in [2.75, 3.05) is 21.3 Å². The highest BCUT2D eigenvalue weighted by molar-refractivity contribution is 5.99. The first-order valence-corrected chi connectivity index (χ1v) is 12.0. The highest BCUT2D eigenvalue weighted by Crippen LogP contribution is 2.55. The van der Waals surface area contributed by atoms with Gasteiger partial charge in [0.1, 0.15) is 12.2 Å². The molecule has 2 heterocycles. The molecule has 2 aliphatic rings. The van der Waals surface area contributed by atoms with Crippen molar-refractivity contribution >= 4 is 17.9 Å². The van der Waals surface area contributed by atoms with Gasteiger partial charge in [-0.05, 0) is 29.9 Å². The van der Waals surface area contributed by atoms with Crippen molar-refractivity contribution < 1.29 is 58.5 Å². The lowest BCUT2D eigenvalue weighted by Gasteiger charge is -2.49. The van der Waals surface area contributed by atoms with Crippen LogP contribution >= 0.6 is 0 Å². The third-order valence-corrected chi connectivity index (χ3v) is 7.32. The summed E-state index contributed by atoms with van der Waals surface area (Å²) in [5.41, 5.74) is -5.00. The molecule has 0 aromatic heterocycles. The molecule has 0 radical (unpaired) electrons. The molecule has 2 fully saturated rings. The molecule has 4 N–H and O–H groups in total. The van der Waals surface area contributed by atoms with Crippen LogP contribution in [-0.4, -0.2) is 101 Å². The second-order valence-corrected chi connectivity index (χ2v) is 9.58. The Hall–Kier alpha value is -2.87. The van der Waals surface area contributed by atoms with Gasteiger partial charge in [0.2, 0.25) is 17.3 Å². The van der Waals surface area contributed by atoms with Gasteiger partial charge in [-0.2, -0.15) is 0 Å². The largest absolute Gasteiger partial charge is 0.467 e. The van der Waals surface area contributed by atoms with Crippen molar-refractivity contribution in [3.05, 3.63) is 48.0 Å². The van der Waals surface area contributed by atoms with Crippen molar-refractivity contribution in [1.29, 1.82) is 0 Å². The van der Waals surface area contributed by atoms with E-state index in [-0.39, 0.29) is 18.8 Å². The molecule has 1 aromatic carbocycles. The lowest BCUT2D eigenvalue weighted by molar-refractivity contribution is -0.374. The summed E-state index contributed by atoms with van der Waals surface area (Å²) in [4.78, 5) is 38.5. The standard InChI is InChI=1S/C26H34O12/c1-14(17(27)15(2)13-16-9-7-6-8-10-16)11-12-24-18(28)19(29)26(38-24,23(32)36-5)25(33,22(31)35-4)20(37-24)21(30)34-3/h6-10,15,17-20,27-29,33H,1,11-13H2,2-5H3/t15?,17?,18-,19-,20-,24+,25-,26+/m0/s1. The first kappa shape index (κ1) is 29.7. The average Bonchev–Trinajstić information content (AvgIpc) is 3.13. The fraction of sp³-hybridized carbons (Fsp3) is 0.577. The number of ether oxygens (including phenoxy) is 5. The number of hydrogen-bond donors (Lipinski definition) is 4. The number of carbonyl (C=O) groups excluding carboxylic acids is 3. The molecule has 1 aromatic rings. The number of hydrogen-bond acceptors (Lipinski definition) is 12. The Morgan fingerprint density at radius 2 is 1.63 bits per heavy atom. The molecule has 12 nitrogen and oxygen atoms in total. The molecule has 0 amide bonds. The van der Waals surface area contributed by atoms with Crippen LogP contribution in [0.4, 0.5) is 0 Å². The minimum atomic E-state index is -3.30. The Morgan fingerprint density at radius 1 is 1.03 bits per heavy atom. The van der Waals surface area contributed by atoms with Gasteiger partial charge >= 0.3 is 17.9 Å². The number of rotatable bonds is 10. The van der Waals surface area contributed by atoms with E-state index in [4.69, 9.17) is 14.2 Å². The van der Waals surface area contributed by atoms with Crippen LogP contribution in [0.25, 0.3) is 0 Å². The zero-order valence-corrected chi connectivity index (χ0v) is 21.7. The van der Waals surface area contributed by atoms with E-state index in [9.17, 15) is 34.8 Å². The zero-order valence-electron chi connectivity index (χ0n) is 21.7. The van der Waals surface area contributed by atoms with Gasteiger partial charge in [-0.1, -0.05) is 43.8 Å². The topological polar surface area (TPSA) is 178 Å². The van der Waals surface area contributed by atoms with Gasteiger partial charge < -0.3 is 44.1 Å². The molecule has 38 heavy (non-hydrogen) atoms. The van der Waals surface area contributed by atoms with E-state index in [1.807, 2.05) is 37.3 Å². The van der Waals surface area contributed by atoms with Crippen molar-refractivity contribution in [2.45, 2.75) is 67.6 Å². The van der Waals surface area contributed by atoms with Gasteiger partial charge in [0.25, 0.3) is 0 Å². The van der Waals surface area contributed by atoms with Gasteiger partial charge in [0.15, 0.2) is 5.79 Å². The smallest absolute Gasteiger partial charge is 0.345 e. The van der Waals surface area contributed by atoms with Crippen LogP contribution in [0.5, 0.6) is 0 Å². The molecule has 0 aliphatic carbocycles. The van der Waals surface area contributed by atoms with Crippen LogP contribution in [0.15, 0.2) is 42.5 Å². The van der Waals surface area contributed by atoms with E-state index >= 15 is 0 Å². The third kappa shape index (κ3) is 4.51. The molecular weight excluding hydrogens is 504 g/mol. The Labute approximate surface area is 219 Å². The van der Waals surface area contributed by atoms with Gasteiger partial charge in [-0.3, -0.25) is 0 Å². The quantitative estimate of drug-likeness (QED) is 0.169. The summed E-state index contributed by atoms with van der Waals surface area (Å²) in [6.45, 7) is 5.75. The van der Waals surface area contributed by atoms with Crippen LogP contribution in [0.1, 0.15) is 25.3 Å². The summed E-state index contributed by atoms with van der Waals surface area (Å²) in [6.07, 6.45) is -7.48. The number of fused-ring (bicyclic) bond motifs is 2. The predicted octanol–water partition coefficient (Wildman–Crippen LogP) is -0.601. The summed E-state index contributed by atoms with van der Waals surface area (Å²) < 4.78 is 25.4. The molecular formula is C26H34O12. The van der Waals surface area contributed by atoms with Gasteiger partial charge in [0.05, 0.1) is 27.4 Å². The lowest BCUT2D eigenvalue weighted by atomic mass is 9.74. The number of aliphatic hydroxyl groups excluding tert-OH is 3. The predicted molar refractivity (Wildman–Crippen MR) is 128 cm³/mol. The molecule has 0 spiro atoms. The minimum Gasteiger partial charge on any atom is -0.467 e. The maximum Gasteiger partial charge on any atom is 0.345 e. The SMILES string of the molecule is C=C(CC[C@@]12O[C@@H](C(=O)OC)[C@](O)(C(=O)OC)[C@@](C(=O)OC)(O1)[C@@H](O)[C@@H]2O)C(O)C(C)Cc1ccccc1. The zero-order chi connectivity index (χ0) is 28.5. The first-order valence-electron chi connectivity index (χ1n) is 12.0. The van der Waals surface area contributed by atoms with Gasteiger partial charge in [0, 0.05) is 6.42 Å². The third-order valence-electron chi connectivity index (χ3n) is 7.32. The number of carbonyl (C=O) groups is 3. The normalized spacial score (nSPS) is 33.6. The van der Waals surface area contributed by atoms with E-state index in [0.717, 1.165) is 26.9 Å². The van der Waals surface area contributed by atoms with E-state index in [2.05, 4.69) is 16.1 Å². The lowest BCUT2D eigenvalue weighted by Crippen LogP contribution is -2.78. The molecule has 2 unspecified atom stereocenters. The van der Waals surface area contributed by atoms with Crippen LogP contribution in [-0.2, 0) is 44.5 Å². The second kappa shape index (κ2) is 11.1. The molecule has 8 atom stereocenters. The Bertz CT molecular complexity index is 1060. The summed E-state index contributed by atoms with van der Waals surface area (Å²) in [6, 6.07) is 9.49. The summed E-state index contributed by atoms with van der Waals surface area (Å²) in [7, 11) is 2.70. The van der Waals surface area contributed by atoms with Gasteiger partial charge in [-0.15, -0.1) is 0 Å². The Balaban J connectivity index is 1.94. The van der Waals surface area contributed by atoms with Crippen LogP contribution in [0.3, 0.4) is 0 Å². The van der Waals surface area contributed by atoms with Crippen LogP contribution in [0.2, 0.25) is 0 Å². The monoisotopic (exact) mass is 538 g/mol. The number of methoxy groups -OCH3 is 3. The Morgan fingerprint density at radius 3 is 2.18 bits per heavy atom. The molecule has 2 aliphatic heterocycles. The molecule has 2 bridgehead atoms. The van der Waals surface area contributed by atoms with E-state index in [1.54, 1.807) is 0 Å². The summed E-state index contributed by atoms with van der Waals surface area (Å²) in [5.74, 6) is -6.91. The van der Waals surface area contributed by atoms with E-state index in [0.29, 0.717) is 12.0 Å². The van der Waals surface area contributed by atoms with Crippen molar-refractivity contribution in [1.82, 2.24) is 0 Å². The fourth-order valence-electron chi connectivity index (χ4n) is 5.18. The molecule has 2 saturated heterocycles. The van der Waals surface area contributed by atoms with E-state index < -0.39 is 59.3 Å². The minimum absolute atomic E-state index is 0.0636. The van der Waals surface area contributed by atoms with Crippen LogP contribution in [0, 0.1) is 5.92 Å². The average molecular weight is 539 g/mol. The molecule has 0 saturated carbocycles. The van der Waals surface area contributed by atoms with E-state index in [1.165, 1.54) is 0 Å². The van der Waals surface area contributed by atoms with Crippen molar-refractivity contribution in [2.24, 2.45) is 5.92 Å². The number of esters is 3. The molecule has 210 valence electrons. The molecule has 12 heteroatoms. The Kier molecular flexibility index (Phi) is 8.66. The fourth-order valence-corrected chi connectivity index (χ4v) is 5.18. The first-order chi connectivity index (χ1) is 17.9.